The van der Waals surface area contributed by atoms with Gasteiger partial charge in [0.1, 0.15) is 5.75 Å². The summed E-state index contributed by atoms with van der Waals surface area (Å²) in [6.07, 6.45) is 0. The normalized spacial score (nSPS) is 10.2. The van der Waals surface area contributed by atoms with E-state index in [0.29, 0.717) is 5.75 Å². The van der Waals surface area contributed by atoms with Crippen LogP contribution in [0.3, 0.4) is 0 Å². The average Bonchev–Trinajstić information content (AvgIpc) is 2.41. The number of nitrogens with two attached hydrogens (primary N) is 1. The van der Waals surface area contributed by atoms with E-state index in [-0.39, 0.29) is 17.0 Å². The van der Waals surface area contributed by atoms with Crippen molar-refractivity contribution in [1.29, 1.82) is 0 Å². The zero-order valence-electron chi connectivity index (χ0n) is 11.6. The van der Waals surface area contributed by atoms with Gasteiger partial charge in [-0.25, -0.2) is 9.18 Å². The topological polar surface area (TPSA) is 75.8 Å². The lowest BCUT2D eigenvalue weighted by Gasteiger charge is -2.14. The van der Waals surface area contributed by atoms with Crippen LogP contribution in [0.15, 0.2) is 36.4 Å². The van der Waals surface area contributed by atoms with Crippen LogP contribution in [0, 0.1) is 5.82 Å². The third-order valence-corrected chi connectivity index (χ3v) is 2.90. The van der Waals surface area contributed by atoms with E-state index in [2.05, 4.69) is 0 Å². The zero-order chi connectivity index (χ0) is 15.6. The van der Waals surface area contributed by atoms with Crippen LogP contribution >= 0.6 is 0 Å². The molecule has 110 valence electrons. The van der Waals surface area contributed by atoms with Crippen molar-refractivity contribution in [3.8, 4) is 11.5 Å². The summed E-state index contributed by atoms with van der Waals surface area (Å²) in [5.74, 6) is -1.73. The maximum absolute atomic E-state index is 13.8. The minimum atomic E-state index is -1.24. The standard InChI is InChI=1S/C15H15FN2O3/c1-18(2)9-4-3-5-10(6-9)21-14-7-11(15(19)20)13(17)8-12(14)16/h3-8H,17H2,1-2H3,(H,19,20). The summed E-state index contributed by atoms with van der Waals surface area (Å²) < 4.78 is 19.3. The molecule has 0 amide bonds. The number of halogens is 1. The number of rotatable bonds is 4. The molecule has 0 heterocycles. The molecule has 0 spiro atoms. The molecule has 5 nitrogen and oxygen atoms in total. The fourth-order valence-corrected chi connectivity index (χ4v) is 1.78. The van der Waals surface area contributed by atoms with Gasteiger partial charge in [-0.2, -0.15) is 0 Å². The van der Waals surface area contributed by atoms with Gasteiger partial charge in [-0.1, -0.05) is 6.07 Å². The Morgan fingerprint density at radius 2 is 2.00 bits per heavy atom. The van der Waals surface area contributed by atoms with Gasteiger partial charge in [-0.15, -0.1) is 0 Å². The number of benzene rings is 2. The Morgan fingerprint density at radius 1 is 1.29 bits per heavy atom. The first kappa shape index (κ1) is 14.6. The summed E-state index contributed by atoms with van der Waals surface area (Å²) in [5, 5.41) is 9.00. The van der Waals surface area contributed by atoms with Gasteiger partial charge in [-0.3, -0.25) is 0 Å². The molecule has 0 radical (unpaired) electrons. The number of nitrogens with zero attached hydrogens (tertiary/aromatic N) is 1. The molecule has 6 heteroatoms. The Labute approximate surface area is 121 Å². The van der Waals surface area contributed by atoms with Crippen LogP contribution in [0.2, 0.25) is 0 Å². The second-order valence-corrected chi connectivity index (χ2v) is 4.67. The summed E-state index contributed by atoms with van der Waals surface area (Å²) in [5.41, 5.74) is 6.00. The molecule has 2 aromatic rings. The van der Waals surface area contributed by atoms with Gasteiger partial charge >= 0.3 is 5.97 Å². The summed E-state index contributed by atoms with van der Waals surface area (Å²) in [6, 6.07) is 9.02. The molecule has 3 N–H and O–H groups in total. The van der Waals surface area contributed by atoms with Crippen LogP contribution in [0.4, 0.5) is 15.8 Å². The molecule has 0 atom stereocenters. The van der Waals surface area contributed by atoms with Crippen molar-refractivity contribution in [2.75, 3.05) is 24.7 Å². The Balaban J connectivity index is 2.37. The number of ether oxygens (including phenoxy) is 1. The highest BCUT2D eigenvalue weighted by atomic mass is 19.1. The van der Waals surface area contributed by atoms with Crippen molar-refractivity contribution in [3.05, 3.63) is 47.8 Å². The number of carbonyl (C=O) groups is 1. The first-order chi connectivity index (χ1) is 9.88. The van der Waals surface area contributed by atoms with Crippen molar-refractivity contribution >= 4 is 17.3 Å². The van der Waals surface area contributed by atoms with Crippen molar-refractivity contribution in [2.45, 2.75) is 0 Å². The number of carboxylic acid groups (broad SMARTS) is 1. The van der Waals surface area contributed by atoms with E-state index in [0.717, 1.165) is 17.8 Å². The molecule has 0 aliphatic heterocycles. The fraction of sp³-hybridized carbons (Fsp3) is 0.133. The van der Waals surface area contributed by atoms with Gasteiger partial charge in [0.15, 0.2) is 11.6 Å². The highest BCUT2D eigenvalue weighted by Crippen LogP contribution is 2.30. The van der Waals surface area contributed by atoms with E-state index < -0.39 is 11.8 Å². The van der Waals surface area contributed by atoms with Crippen LogP contribution in [-0.4, -0.2) is 25.2 Å². The number of aromatic carboxylic acids is 1. The largest absolute Gasteiger partial charge is 0.478 e. The van der Waals surface area contributed by atoms with E-state index in [1.807, 2.05) is 25.1 Å². The number of carboxylic acids is 1. The smallest absolute Gasteiger partial charge is 0.337 e. The number of hydrogen-bond donors (Lipinski definition) is 2. The summed E-state index contributed by atoms with van der Waals surface area (Å²) in [6.45, 7) is 0. The Kier molecular flexibility index (Phi) is 3.98. The molecular formula is C15H15FN2O3. The molecule has 0 saturated carbocycles. The van der Waals surface area contributed by atoms with Crippen molar-refractivity contribution < 1.29 is 19.0 Å². The van der Waals surface area contributed by atoms with Crippen molar-refractivity contribution in [3.63, 3.8) is 0 Å². The van der Waals surface area contributed by atoms with E-state index in [1.54, 1.807) is 18.2 Å². The highest BCUT2D eigenvalue weighted by molar-refractivity contribution is 5.94. The van der Waals surface area contributed by atoms with E-state index in [1.165, 1.54) is 0 Å². The Hall–Kier alpha value is -2.76. The predicted octanol–water partition coefficient (Wildman–Crippen LogP) is 2.96. The molecule has 0 bridgehead atoms. The van der Waals surface area contributed by atoms with Crippen LogP contribution in [0.25, 0.3) is 0 Å². The third-order valence-electron chi connectivity index (χ3n) is 2.90. The van der Waals surface area contributed by atoms with Crippen LogP contribution in [-0.2, 0) is 0 Å². The van der Waals surface area contributed by atoms with Crippen LogP contribution in [0.1, 0.15) is 10.4 Å². The number of hydrogen-bond acceptors (Lipinski definition) is 4. The second kappa shape index (κ2) is 5.70. The lowest BCUT2D eigenvalue weighted by molar-refractivity contribution is 0.0697. The zero-order valence-corrected chi connectivity index (χ0v) is 11.6. The maximum Gasteiger partial charge on any atom is 0.337 e. The van der Waals surface area contributed by atoms with E-state index in [4.69, 9.17) is 15.6 Å². The number of anilines is 2. The maximum atomic E-state index is 13.8. The highest BCUT2D eigenvalue weighted by Gasteiger charge is 2.15. The van der Waals surface area contributed by atoms with Crippen LogP contribution < -0.4 is 15.4 Å². The molecule has 2 aromatic carbocycles. The van der Waals surface area contributed by atoms with Crippen molar-refractivity contribution in [2.24, 2.45) is 0 Å². The first-order valence-corrected chi connectivity index (χ1v) is 6.16. The second-order valence-electron chi connectivity index (χ2n) is 4.67. The van der Waals surface area contributed by atoms with Crippen molar-refractivity contribution in [1.82, 2.24) is 0 Å². The molecule has 21 heavy (non-hydrogen) atoms. The minimum Gasteiger partial charge on any atom is -0.478 e. The van der Waals surface area contributed by atoms with Crippen LogP contribution in [0.5, 0.6) is 11.5 Å². The minimum absolute atomic E-state index is 0.144. The van der Waals surface area contributed by atoms with E-state index in [9.17, 15) is 9.18 Å². The molecule has 0 aliphatic carbocycles. The van der Waals surface area contributed by atoms with Gasteiger partial charge in [0.05, 0.1) is 5.56 Å². The monoisotopic (exact) mass is 290 g/mol. The Bertz CT molecular complexity index is 687. The quantitative estimate of drug-likeness (QED) is 0.847. The van der Waals surface area contributed by atoms with Gasteiger partial charge in [0.25, 0.3) is 0 Å². The SMILES string of the molecule is CN(C)c1cccc(Oc2cc(C(=O)O)c(N)cc2F)c1. The summed E-state index contributed by atoms with van der Waals surface area (Å²) in [7, 11) is 3.73. The predicted molar refractivity (Wildman–Crippen MR) is 78.6 cm³/mol. The fourth-order valence-electron chi connectivity index (χ4n) is 1.78. The molecule has 0 fully saturated rings. The molecule has 0 aromatic heterocycles. The molecule has 0 unspecified atom stereocenters. The summed E-state index contributed by atoms with van der Waals surface area (Å²) >= 11 is 0. The Morgan fingerprint density at radius 3 is 2.62 bits per heavy atom. The average molecular weight is 290 g/mol. The van der Waals surface area contributed by atoms with Gasteiger partial charge in [0.2, 0.25) is 0 Å². The lowest BCUT2D eigenvalue weighted by atomic mass is 10.1. The van der Waals surface area contributed by atoms with Gasteiger partial charge < -0.3 is 20.5 Å². The third kappa shape index (κ3) is 3.22. The van der Waals surface area contributed by atoms with Gasteiger partial charge in [-0.05, 0) is 12.1 Å². The molecule has 2 rings (SSSR count). The molecule has 0 saturated heterocycles. The summed E-state index contributed by atoms with van der Waals surface area (Å²) in [4.78, 5) is 12.9. The first-order valence-electron chi connectivity index (χ1n) is 6.16. The number of nitrogen functional groups attached to an aromatic ring is 1. The molecular weight excluding hydrogens is 275 g/mol. The van der Waals surface area contributed by atoms with Gasteiger partial charge in [0, 0.05) is 43.7 Å². The van der Waals surface area contributed by atoms with E-state index >= 15 is 0 Å². The molecule has 0 aliphatic rings. The lowest BCUT2D eigenvalue weighted by Crippen LogP contribution is -2.08.